The zero-order valence-electron chi connectivity index (χ0n) is 14.2. The molecule has 2 aliphatic rings. The minimum Gasteiger partial charge on any atom is -0.351 e. The first-order valence-electron chi connectivity index (χ1n) is 8.22. The lowest BCUT2D eigenvalue weighted by Gasteiger charge is -2.41. The third kappa shape index (κ3) is 4.78. The van der Waals surface area contributed by atoms with Crippen LogP contribution in [0.3, 0.4) is 0 Å². The summed E-state index contributed by atoms with van der Waals surface area (Å²) in [6.45, 7) is 6.21. The lowest BCUT2D eigenvalue weighted by molar-refractivity contribution is -0.128. The van der Waals surface area contributed by atoms with Crippen LogP contribution in [0.4, 0.5) is 0 Å². The molecule has 2 amide bonds. The molecule has 0 spiro atoms. The number of carbonyl (C=O) groups is 2. The smallest absolute Gasteiger partial charge is 0.220 e. The predicted molar refractivity (Wildman–Crippen MR) is 87.4 cm³/mol. The Labute approximate surface area is 137 Å². The number of nitrogens with one attached hydrogen (secondary N) is 2. The van der Waals surface area contributed by atoms with E-state index >= 15 is 0 Å². The van der Waals surface area contributed by atoms with Crippen LogP contribution in [-0.4, -0.2) is 29.6 Å². The van der Waals surface area contributed by atoms with Gasteiger partial charge in [0.25, 0.3) is 0 Å². The van der Waals surface area contributed by atoms with Gasteiger partial charge in [0.15, 0.2) is 5.66 Å². The molecule has 2 heterocycles. The second kappa shape index (κ2) is 6.69. The van der Waals surface area contributed by atoms with Crippen molar-refractivity contribution in [3.05, 3.63) is 0 Å². The molecular weight excluding hydrogens is 292 g/mol. The molecule has 1 saturated heterocycles. The molecule has 2 N–H and O–H groups in total. The van der Waals surface area contributed by atoms with Crippen molar-refractivity contribution in [3.8, 4) is 12.3 Å². The van der Waals surface area contributed by atoms with Crippen molar-refractivity contribution in [1.82, 2.24) is 10.6 Å². The van der Waals surface area contributed by atoms with Crippen LogP contribution in [0.1, 0.15) is 59.3 Å². The molecule has 6 nitrogen and oxygen atoms in total. The number of nitrogens with zero attached hydrogens (tertiary/aromatic N) is 2. The van der Waals surface area contributed by atoms with E-state index in [1.54, 1.807) is 0 Å². The fourth-order valence-electron chi connectivity index (χ4n) is 3.04. The second-order valence-corrected chi connectivity index (χ2v) is 7.51. The van der Waals surface area contributed by atoms with Crippen molar-refractivity contribution < 1.29 is 9.59 Å². The Morgan fingerprint density at radius 1 is 1.43 bits per heavy atom. The van der Waals surface area contributed by atoms with Gasteiger partial charge in [0.1, 0.15) is 0 Å². The zero-order valence-corrected chi connectivity index (χ0v) is 14.2. The molecule has 2 atom stereocenters. The van der Waals surface area contributed by atoms with E-state index in [4.69, 9.17) is 6.42 Å². The minimum absolute atomic E-state index is 0.0159. The van der Waals surface area contributed by atoms with Gasteiger partial charge in [-0.15, -0.1) is 12.3 Å². The number of hydrogen-bond acceptors (Lipinski definition) is 4. The average molecular weight is 318 g/mol. The first-order valence-corrected chi connectivity index (χ1v) is 8.22. The largest absolute Gasteiger partial charge is 0.351 e. The lowest BCUT2D eigenvalue weighted by Crippen LogP contribution is -2.60. The second-order valence-electron chi connectivity index (χ2n) is 7.51. The molecule has 0 unspecified atom stereocenters. The molecule has 2 rings (SSSR count). The lowest BCUT2D eigenvalue weighted by atomic mass is 9.78. The normalized spacial score (nSPS) is 25.4. The van der Waals surface area contributed by atoms with Gasteiger partial charge in [0.2, 0.25) is 11.8 Å². The van der Waals surface area contributed by atoms with Crippen LogP contribution in [0.5, 0.6) is 0 Å². The van der Waals surface area contributed by atoms with E-state index in [9.17, 15) is 9.59 Å². The molecule has 126 valence electrons. The van der Waals surface area contributed by atoms with Gasteiger partial charge in [-0.25, -0.2) is 0 Å². The van der Waals surface area contributed by atoms with Crippen molar-refractivity contribution >= 4 is 11.8 Å². The Balaban J connectivity index is 1.84. The summed E-state index contributed by atoms with van der Waals surface area (Å²) in [7, 11) is 0. The van der Waals surface area contributed by atoms with Gasteiger partial charge >= 0.3 is 0 Å². The number of rotatable bonds is 6. The maximum Gasteiger partial charge on any atom is 0.220 e. The highest BCUT2D eigenvalue weighted by molar-refractivity contribution is 5.79. The van der Waals surface area contributed by atoms with Crippen LogP contribution in [0.2, 0.25) is 0 Å². The van der Waals surface area contributed by atoms with Crippen LogP contribution in [0, 0.1) is 17.8 Å². The number of carbonyl (C=O) groups excluding carboxylic acids is 2. The topological polar surface area (TPSA) is 82.9 Å². The number of piperidine rings is 1. The Hall–Kier alpha value is -1.90. The molecule has 0 radical (unpaired) electrons. The summed E-state index contributed by atoms with van der Waals surface area (Å²) in [5.74, 6) is 2.62. The van der Waals surface area contributed by atoms with Crippen molar-refractivity contribution in [1.29, 1.82) is 0 Å². The Morgan fingerprint density at radius 3 is 2.70 bits per heavy atom. The van der Waals surface area contributed by atoms with Crippen LogP contribution in [0.25, 0.3) is 0 Å². The van der Waals surface area contributed by atoms with Gasteiger partial charge in [-0.2, -0.15) is 10.2 Å². The highest BCUT2D eigenvalue weighted by atomic mass is 16.2. The SMILES string of the molecule is C#CCCC1(CCC(=O)N[C@@H]2CCC(=O)N[C@H]2C(C)(C)C)N=N1. The van der Waals surface area contributed by atoms with E-state index in [1.807, 2.05) is 0 Å². The summed E-state index contributed by atoms with van der Waals surface area (Å²) in [5.41, 5.74) is -0.531. The monoisotopic (exact) mass is 318 g/mol. The summed E-state index contributed by atoms with van der Waals surface area (Å²) in [6.07, 6.45) is 8.69. The Bertz CT molecular complexity index is 536. The molecule has 23 heavy (non-hydrogen) atoms. The number of hydrogen-bond donors (Lipinski definition) is 2. The highest BCUT2D eigenvalue weighted by Gasteiger charge is 2.40. The van der Waals surface area contributed by atoms with E-state index in [0.717, 1.165) is 0 Å². The number of amides is 2. The standard InChI is InChI=1S/C17H26N4O2/c1-5-6-10-17(20-21-17)11-9-14(23)18-12-7-8-13(22)19-15(12)16(2,3)4/h1,12,15H,6-11H2,2-4H3,(H,18,23)(H,19,22)/t12-,15-/m1/s1. The summed E-state index contributed by atoms with van der Waals surface area (Å²) < 4.78 is 0. The van der Waals surface area contributed by atoms with Gasteiger partial charge in [0.05, 0.1) is 12.1 Å². The minimum atomic E-state index is -0.423. The van der Waals surface area contributed by atoms with Gasteiger partial charge in [-0.3, -0.25) is 9.59 Å². The van der Waals surface area contributed by atoms with E-state index in [-0.39, 0.29) is 29.3 Å². The quantitative estimate of drug-likeness (QED) is 0.736. The summed E-state index contributed by atoms with van der Waals surface area (Å²) in [5, 5.41) is 14.2. The molecule has 0 aromatic heterocycles. The van der Waals surface area contributed by atoms with E-state index < -0.39 is 5.66 Å². The van der Waals surface area contributed by atoms with Gasteiger partial charge in [-0.1, -0.05) is 20.8 Å². The molecule has 0 aromatic rings. The van der Waals surface area contributed by atoms with E-state index in [0.29, 0.717) is 38.5 Å². The van der Waals surface area contributed by atoms with Crippen molar-refractivity contribution in [2.24, 2.45) is 15.6 Å². The Kier molecular flexibility index (Phi) is 5.08. The van der Waals surface area contributed by atoms with Crippen LogP contribution >= 0.6 is 0 Å². The van der Waals surface area contributed by atoms with Gasteiger partial charge in [-0.05, 0) is 11.8 Å². The third-order valence-corrected chi connectivity index (χ3v) is 4.49. The molecule has 0 saturated carbocycles. The average Bonchev–Trinajstić information content (AvgIpc) is 3.24. The van der Waals surface area contributed by atoms with Gasteiger partial charge in [0, 0.05) is 32.1 Å². The molecule has 0 bridgehead atoms. The zero-order chi connectivity index (χ0) is 17.1. The molecule has 0 aliphatic carbocycles. The summed E-state index contributed by atoms with van der Waals surface area (Å²) in [4.78, 5) is 23.9. The van der Waals surface area contributed by atoms with Crippen molar-refractivity contribution in [3.63, 3.8) is 0 Å². The third-order valence-electron chi connectivity index (χ3n) is 4.49. The first kappa shape index (κ1) is 17.5. The summed E-state index contributed by atoms with van der Waals surface area (Å²) in [6, 6.07) is -0.0895. The van der Waals surface area contributed by atoms with E-state index in [1.165, 1.54) is 0 Å². The molecule has 1 fully saturated rings. The maximum absolute atomic E-state index is 12.3. The molecule has 6 heteroatoms. The molecule has 2 aliphatic heterocycles. The van der Waals surface area contributed by atoms with Crippen LogP contribution in [0.15, 0.2) is 10.2 Å². The fourth-order valence-corrected chi connectivity index (χ4v) is 3.04. The fraction of sp³-hybridized carbons (Fsp3) is 0.765. The summed E-state index contributed by atoms with van der Waals surface area (Å²) >= 11 is 0. The Morgan fingerprint density at radius 2 is 2.13 bits per heavy atom. The predicted octanol–water partition coefficient (Wildman–Crippen LogP) is 2.15. The maximum atomic E-state index is 12.3. The van der Waals surface area contributed by atoms with E-state index in [2.05, 4.69) is 47.6 Å². The molecule has 0 aromatic carbocycles. The van der Waals surface area contributed by atoms with Crippen molar-refractivity contribution in [2.75, 3.05) is 0 Å². The van der Waals surface area contributed by atoms with Crippen LogP contribution < -0.4 is 10.6 Å². The van der Waals surface area contributed by atoms with Crippen LogP contribution in [-0.2, 0) is 9.59 Å². The number of terminal acetylenes is 1. The van der Waals surface area contributed by atoms with Gasteiger partial charge < -0.3 is 10.6 Å². The highest BCUT2D eigenvalue weighted by Crippen LogP contribution is 2.37. The molecular formula is C17H26N4O2. The van der Waals surface area contributed by atoms with Crippen molar-refractivity contribution in [2.45, 2.75) is 77.0 Å². The first-order chi connectivity index (χ1) is 10.8.